The molecule has 156 valence electrons. The third-order valence-electron chi connectivity index (χ3n) is 4.05. The minimum atomic E-state index is -0.484. The maximum atomic E-state index is 11.4. The summed E-state index contributed by atoms with van der Waals surface area (Å²) in [4.78, 5) is 11.4. The van der Waals surface area contributed by atoms with Crippen LogP contribution in [-0.4, -0.2) is 48.4 Å². The molecule has 2 aromatic carbocycles. The predicted octanol–water partition coefficient (Wildman–Crippen LogP) is 3.44. The zero-order chi connectivity index (χ0) is 21.7. The molecule has 0 atom stereocenters. The largest absolute Gasteiger partial charge is 0.497 e. The van der Waals surface area contributed by atoms with Crippen LogP contribution in [0.25, 0.3) is 11.4 Å². The summed E-state index contributed by atoms with van der Waals surface area (Å²) in [7, 11) is 4.54. The lowest BCUT2D eigenvalue weighted by Crippen LogP contribution is -2.05. The Kier molecular flexibility index (Phi) is 6.48. The van der Waals surface area contributed by atoms with E-state index in [2.05, 4.69) is 15.3 Å². The van der Waals surface area contributed by atoms with E-state index in [1.54, 1.807) is 25.5 Å². The zero-order valence-corrected chi connectivity index (χ0v) is 17.6. The molecule has 0 saturated heterocycles. The molecule has 0 saturated carbocycles. The Morgan fingerprint density at radius 2 is 1.73 bits per heavy atom. The van der Waals surface area contributed by atoms with Crippen LogP contribution in [-0.2, 0) is 4.79 Å². The van der Waals surface area contributed by atoms with Gasteiger partial charge in [-0.1, -0.05) is 0 Å². The predicted molar refractivity (Wildman–Crippen MR) is 113 cm³/mol. The summed E-state index contributed by atoms with van der Waals surface area (Å²) in [5.74, 6) is 1.64. The first-order valence-corrected chi connectivity index (χ1v) is 9.18. The second-order valence-electron chi connectivity index (χ2n) is 5.99. The molecule has 3 rings (SSSR count). The summed E-state index contributed by atoms with van der Waals surface area (Å²) in [6.07, 6.45) is 1.57. The van der Waals surface area contributed by atoms with E-state index in [4.69, 9.17) is 31.2 Å². The number of nitrogens with zero attached hydrogens (tertiary/aromatic N) is 3. The molecule has 0 aliphatic heterocycles. The van der Waals surface area contributed by atoms with Crippen molar-refractivity contribution in [2.75, 3.05) is 21.3 Å². The number of carbonyl (C=O) groups is 1. The van der Waals surface area contributed by atoms with Crippen molar-refractivity contribution in [3.8, 4) is 34.4 Å². The van der Waals surface area contributed by atoms with Gasteiger partial charge in [0.2, 0.25) is 10.5 Å². The zero-order valence-electron chi connectivity index (χ0n) is 16.8. The fourth-order valence-electron chi connectivity index (χ4n) is 2.67. The molecule has 0 fully saturated rings. The number of ether oxygens (including phenoxy) is 4. The van der Waals surface area contributed by atoms with E-state index < -0.39 is 5.97 Å². The molecule has 0 unspecified atom stereocenters. The van der Waals surface area contributed by atoms with Gasteiger partial charge in [0.25, 0.3) is 0 Å². The van der Waals surface area contributed by atoms with Crippen LogP contribution < -0.4 is 18.9 Å². The fraction of sp³-hybridized carbons (Fsp3) is 0.200. The van der Waals surface area contributed by atoms with Crippen LogP contribution in [0.5, 0.6) is 23.0 Å². The van der Waals surface area contributed by atoms with Gasteiger partial charge in [0.15, 0.2) is 17.3 Å². The third-order valence-corrected chi connectivity index (χ3v) is 4.31. The number of esters is 1. The quantitative estimate of drug-likeness (QED) is 0.266. The van der Waals surface area contributed by atoms with Crippen LogP contribution >= 0.6 is 12.2 Å². The summed E-state index contributed by atoms with van der Waals surface area (Å²) in [6, 6.07) is 10.7. The van der Waals surface area contributed by atoms with Gasteiger partial charge in [-0.15, -0.1) is 0 Å². The molecule has 1 heterocycles. The number of carbonyl (C=O) groups excluding carboxylic acids is 1. The van der Waals surface area contributed by atoms with Crippen LogP contribution in [0.3, 0.4) is 0 Å². The molecule has 0 amide bonds. The van der Waals surface area contributed by atoms with Crippen molar-refractivity contribution in [2.45, 2.75) is 6.92 Å². The lowest BCUT2D eigenvalue weighted by molar-refractivity contribution is -0.132. The van der Waals surface area contributed by atoms with Gasteiger partial charge in [0, 0.05) is 18.1 Å². The van der Waals surface area contributed by atoms with Gasteiger partial charge in [-0.25, -0.2) is 5.10 Å². The van der Waals surface area contributed by atoms with Crippen molar-refractivity contribution in [3.63, 3.8) is 0 Å². The fourth-order valence-corrected chi connectivity index (χ4v) is 2.85. The summed E-state index contributed by atoms with van der Waals surface area (Å²) < 4.78 is 22.9. The Morgan fingerprint density at radius 1 is 1.10 bits per heavy atom. The van der Waals surface area contributed by atoms with Gasteiger partial charge in [0.1, 0.15) is 5.75 Å². The monoisotopic (exact) mass is 428 g/mol. The average Bonchev–Trinajstić information content (AvgIpc) is 3.12. The van der Waals surface area contributed by atoms with E-state index in [1.807, 2.05) is 24.3 Å². The number of aromatic amines is 1. The normalized spacial score (nSPS) is 10.8. The molecular weight excluding hydrogens is 408 g/mol. The van der Waals surface area contributed by atoms with Gasteiger partial charge in [-0.2, -0.15) is 14.9 Å². The van der Waals surface area contributed by atoms with Crippen LogP contribution in [0, 0.1) is 4.77 Å². The number of rotatable bonds is 7. The van der Waals surface area contributed by atoms with Crippen molar-refractivity contribution >= 4 is 24.4 Å². The Morgan fingerprint density at radius 3 is 2.27 bits per heavy atom. The summed E-state index contributed by atoms with van der Waals surface area (Å²) in [6.45, 7) is 1.30. The van der Waals surface area contributed by atoms with Gasteiger partial charge in [0.05, 0.1) is 27.5 Å². The van der Waals surface area contributed by atoms with Crippen LogP contribution in [0.1, 0.15) is 12.5 Å². The highest BCUT2D eigenvalue weighted by Gasteiger charge is 2.16. The van der Waals surface area contributed by atoms with Gasteiger partial charge >= 0.3 is 5.97 Å². The summed E-state index contributed by atoms with van der Waals surface area (Å²) >= 11 is 5.30. The second kappa shape index (κ2) is 9.23. The van der Waals surface area contributed by atoms with E-state index in [0.29, 0.717) is 27.7 Å². The number of aromatic nitrogens is 3. The Labute approximate surface area is 177 Å². The molecule has 30 heavy (non-hydrogen) atoms. The van der Waals surface area contributed by atoms with Crippen molar-refractivity contribution in [1.29, 1.82) is 0 Å². The molecule has 1 N–H and O–H groups in total. The topological polar surface area (TPSA) is 100.0 Å². The number of nitrogens with one attached hydrogen (secondary N) is 1. The van der Waals surface area contributed by atoms with E-state index in [-0.39, 0.29) is 5.75 Å². The maximum absolute atomic E-state index is 11.4. The molecule has 10 heteroatoms. The highest BCUT2D eigenvalue weighted by molar-refractivity contribution is 7.71. The van der Waals surface area contributed by atoms with Crippen molar-refractivity contribution in [3.05, 3.63) is 46.7 Å². The molecule has 3 aromatic rings. The summed E-state index contributed by atoms with van der Waals surface area (Å²) in [5.41, 5.74) is 1.45. The Hall–Kier alpha value is -3.66. The van der Waals surface area contributed by atoms with Gasteiger partial charge in [-0.05, 0) is 48.6 Å². The van der Waals surface area contributed by atoms with E-state index in [1.165, 1.54) is 25.8 Å². The maximum Gasteiger partial charge on any atom is 0.308 e. The lowest BCUT2D eigenvalue weighted by Gasteiger charge is -2.13. The number of H-pyrrole nitrogens is 1. The Balaban J connectivity index is 1.99. The van der Waals surface area contributed by atoms with Crippen molar-refractivity contribution in [1.82, 2.24) is 14.9 Å². The molecule has 0 radical (unpaired) electrons. The van der Waals surface area contributed by atoms with E-state index in [9.17, 15) is 4.79 Å². The molecule has 1 aromatic heterocycles. The summed E-state index contributed by atoms with van der Waals surface area (Å²) in [5, 5.41) is 11.4. The first kappa shape index (κ1) is 21.1. The van der Waals surface area contributed by atoms with E-state index in [0.717, 1.165) is 11.3 Å². The van der Waals surface area contributed by atoms with E-state index >= 15 is 0 Å². The molecule has 9 nitrogen and oxygen atoms in total. The van der Waals surface area contributed by atoms with Crippen molar-refractivity contribution < 1.29 is 23.7 Å². The van der Waals surface area contributed by atoms with Crippen LogP contribution in [0.2, 0.25) is 0 Å². The highest BCUT2D eigenvalue weighted by atomic mass is 32.1. The van der Waals surface area contributed by atoms with Crippen molar-refractivity contribution in [2.24, 2.45) is 5.10 Å². The standard InChI is InChI=1S/C20H20N4O5S/c1-12(25)29-18-16(27-3)9-13(10-17(18)28-4)11-21-24-19(22-23-20(24)30)14-5-7-15(26-2)8-6-14/h5-11H,1-4H3,(H,23,30)/b21-11-. The number of methoxy groups -OCH3 is 3. The van der Waals surface area contributed by atoms with Gasteiger partial charge < -0.3 is 18.9 Å². The molecule has 0 bridgehead atoms. The minimum Gasteiger partial charge on any atom is -0.497 e. The van der Waals surface area contributed by atoms with Gasteiger partial charge in [-0.3, -0.25) is 4.79 Å². The molecular formula is C20H20N4O5S. The third kappa shape index (κ3) is 4.49. The lowest BCUT2D eigenvalue weighted by atomic mass is 10.2. The minimum absolute atomic E-state index is 0.198. The smallest absolute Gasteiger partial charge is 0.308 e. The highest BCUT2D eigenvalue weighted by Crippen LogP contribution is 2.38. The number of hydrogen-bond donors (Lipinski definition) is 1. The number of benzene rings is 2. The molecule has 0 aliphatic rings. The Bertz CT molecular complexity index is 1110. The van der Waals surface area contributed by atoms with Crippen LogP contribution in [0.4, 0.5) is 0 Å². The average molecular weight is 428 g/mol. The first-order valence-electron chi connectivity index (χ1n) is 8.77. The number of hydrogen-bond acceptors (Lipinski definition) is 8. The molecule has 0 spiro atoms. The molecule has 0 aliphatic carbocycles. The van der Waals surface area contributed by atoms with Crippen LogP contribution in [0.15, 0.2) is 41.5 Å². The first-order chi connectivity index (χ1) is 14.5. The second-order valence-corrected chi connectivity index (χ2v) is 6.37. The SMILES string of the molecule is COc1ccc(-c2n[nH]c(=S)n2/N=C\c2cc(OC)c(OC(C)=O)c(OC)c2)cc1.